The highest BCUT2D eigenvalue weighted by atomic mass is 35.5. The smallest absolute Gasteiger partial charge is 0.233 e. The van der Waals surface area contributed by atoms with E-state index in [1.165, 1.54) is 6.42 Å². The van der Waals surface area contributed by atoms with E-state index in [0.717, 1.165) is 74.5 Å². The lowest BCUT2D eigenvalue weighted by Gasteiger charge is -2.45. The first kappa shape index (κ1) is 21.0. The lowest BCUT2D eigenvalue weighted by Crippen LogP contribution is -2.53. The van der Waals surface area contributed by atoms with Gasteiger partial charge in [0.05, 0.1) is 12.5 Å². The van der Waals surface area contributed by atoms with Gasteiger partial charge in [0.1, 0.15) is 5.75 Å². The van der Waals surface area contributed by atoms with Gasteiger partial charge in [-0.2, -0.15) is 0 Å². The maximum Gasteiger partial charge on any atom is 0.233 e. The van der Waals surface area contributed by atoms with Crippen LogP contribution in [-0.4, -0.2) is 44.6 Å². The van der Waals surface area contributed by atoms with Crippen molar-refractivity contribution in [1.82, 2.24) is 10.2 Å². The van der Waals surface area contributed by atoms with Gasteiger partial charge in [0, 0.05) is 13.1 Å². The highest BCUT2D eigenvalue weighted by molar-refractivity contribution is 5.89. The Balaban J connectivity index is 0.00000243. The lowest BCUT2D eigenvalue weighted by atomic mass is 9.63. The molecule has 1 aromatic carbocycles. The van der Waals surface area contributed by atoms with Crippen molar-refractivity contribution < 1.29 is 9.53 Å². The average Bonchev–Trinajstić information content (AvgIpc) is 2.60. The van der Waals surface area contributed by atoms with Gasteiger partial charge in [0.15, 0.2) is 0 Å². The van der Waals surface area contributed by atoms with E-state index in [4.69, 9.17) is 4.74 Å². The van der Waals surface area contributed by atoms with Crippen LogP contribution in [-0.2, 0) is 10.2 Å². The monoisotopic (exact) mass is 380 g/mol. The van der Waals surface area contributed by atoms with Gasteiger partial charge in [-0.3, -0.25) is 4.79 Å². The quantitative estimate of drug-likeness (QED) is 0.818. The van der Waals surface area contributed by atoms with Crippen LogP contribution in [0.3, 0.4) is 0 Å². The molecule has 3 rings (SSSR count). The first-order valence-corrected chi connectivity index (χ1v) is 9.70. The standard InChI is InChI=1S/C21H32N2O2.ClH/c1-16-5-6-18(15-19(16)25-3)21(10-4-11-21)20(24)23-13-8-17(9-14-23)7-12-22-2;/h5-6,15,17,22H,4,7-14H2,1-3H3;1H. The molecule has 0 spiro atoms. The summed E-state index contributed by atoms with van der Waals surface area (Å²) in [5, 5.41) is 3.24. The SMILES string of the molecule is CNCCC1CCN(C(=O)C2(c3ccc(C)c(OC)c3)CCC2)CC1.Cl. The predicted octanol–water partition coefficient (Wildman–Crippen LogP) is 3.70. The number of aryl methyl sites for hydroxylation is 1. The Morgan fingerprint density at radius 2 is 2.00 bits per heavy atom. The fourth-order valence-corrected chi connectivity index (χ4v) is 4.35. The van der Waals surface area contributed by atoms with Crippen molar-refractivity contribution in [2.45, 2.75) is 50.9 Å². The molecule has 0 atom stereocenters. The van der Waals surface area contributed by atoms with Gasteiger partial charge in [-0.1, -0.05) is 18.6 Å². The molecular weight excluding hydrogens is 348 g/mol. The summed E-state index contributed by atoms with van der Waals surface area (Å²) in [6, 6.07) is 6.31. The topological polar surface area (TPSA) is 41.6 Å². The number of rotatable bonds is 6. The largest absolute Gasteiger partial charge is 0.496 e. The molecule has 1 saturated heterocycles. The molecule has 0 unspecified atom stereocenters. The molecule has 1 N–H and O–H groups in total. The van der Waals surface area contributed by atoms with Crippen molar-refractivity contribution in [2.24, 2.45) is 5.92 Å². The molecule has 1 heterocycles. The second-order valence-corrected chi connectivity index (χ2v) is 7.75. The molecular formula is C21H33ClN2O2. The van der Waals surface area contributed by atoms with Crippen LogP contribution in [0.15, 0.2) is 18.2 Å². The minimum atomic E-state index is -0.307. The number of methoxy groups -OCH3 is 1. The lowest BCUT2D eigenvalue weighted by molar-refractivity contribution is -0.142. The van der Waals surface area contributed by atoms with Crippen molar-refractivity contribution in [3.8, 4) is 5.75 Å². The zero-order chi connectivity index (χ0) is 17.9. The zero-order valence-corrected chi connectivity index (χ0v) is 17.2. The van der Waals surface area contributed by atoms with Gasteiger partial charge >= 0.3 is 0 Å². The van der Waals surface area contributed by atoms with Crippen molar-refractivity contribution in [2.75, 3.05) is 33.8 Å². The van der Waals surface area contributed by atoms with E-state index in [9.17, 15) is 4.79 Å². The maximum absolute atomic E-state index is 13.4. The Kier molecular flexibility index (Phi) is 7.36. The minimum absolute atomic E-state index is 0. The van der Waals surface area contributed by atoms with Gasteiger partial charge in [-0.25, -0.2) is 0 Å². The number of amides is 1. The van der Waals surface area contributed by atoms with Gasteiger partial charge < -0.3 is 15.0 Å². The number of carbonyl (C=O) groups is 1. The maximum atomic E-state index is 13.4. The molecule has 5 heteroatoms. The fraction of sp³-hybridized carbons (Fsp3) is 0.667. The van der Waals surface area contributed by atoms with E-state index >= 15 is 0 Å². The molecule has 1 saturated carbocycles. The van der Waals surface area contributed by atoms with Gasteiger partial charge in [-0.05, 0) is 75.7 Å². The summed E-state index contributed by atoms with van der Waals surface area (Å²) in [6.07, 6.45) is 6.58. The summed E-state index contributed by atoms with van der Waals surface area (Å²) in [7, 11) is 3.71. The van der Waals surface area contributed by atoms with Crippen LogP contribution in [0.1, 0.15) is 49.7 Å². The normalized spacial score (nSPS) is 19.4. The number of halogens is 1. The van der Waals surface area contributed by atoms with Gasteiger partial charge in [0.25, 0.3) is 0 Å². The molecule has 2 aliphatic rings. The van der Waals surface area contributed by atoms with Gasteiger partial charge in [0.2, 0.25) is 5.91 Å². The van der Waals surface area contributed by atoms with Crippen molar-refractivity contribution in [3.05, 3.63) is 29.3 Å². The number of likely N-dealkylation sites (tertiary alicyclic amines) is 1. The molecule has 0 aromatic heterocycles. The minimum Gasteiger partial charge on any atom is -0.496 e. The van der Waals surface area contributed by atoms with Crippen LogP contribution in [0.25, 0.3) is 0 Å². The molecule has 26 heavy (non-hydrogen) atoms. The highest BCUT2D eigenvalue weighted by Gasteiger charge is 2.48. The molecule has 1 aliphatic carbocycles. The zero-order valence-electron chi connectivity index (χ0n) is 16.3. The molecule has 2 fully saturated rings. The molecule has 146 valence electrons. The first-order valence-electron chi connectivity index (χ1n) is 9.70. The Labute approximate surface area is 164 Å². The van der Waals surface area contributed by atoms with Crippen molar-refractivity contribution in [3.63, 3.8) is 0 Å². The summed E-state index contributed by atoms with van der Waals surface area (Å²) in [5.41, 5.74) is 1.96. The number of piperidine rings is 1. The molecule has 0 radical (unpaired) electrons. The molecule has 4 nitrogen and oxygen atoms in total. The molecule has 0 bridgehead atoms. The fourth-order valence-electron chi connectivity index (χ4n) is 4.35. The van der Waals surface area contributed by atoms with E-state index in [0.29, 0.717) is 5.91 Å². The molecule has 1 aromatic rings. The average molecular weight is 381 g/mol. The van der Waals surface area contributed by atoms with Crippen LogP contribution in [0.4, 0.5) is 0 Å². The summed E-state index contributed by atoms with van der Waals surface area (Å²) in [6.45, 7) is 4.95. The summed E-state index contributed by atoms with van der Waals surface area (Å²) < 4.78 is 5.50. The van der Waals surface area contributed by atoms with Crippen LogP contribution >= 0.6 is 12.4 Å². The Bertz CT molecular complexity index is 608. The third kappa shape index (κ3) is 4.01. The third-order valence-corrected chi connectivity index (χ3v) is 6.28. The van der Waals surface area contributed by atoms with Crippen molar-refractivity contribution in [1.29, 1.82) is 0 Å². The van der Waals surface area contributed by atoms with Crippen LogP contribution in [0, 0.1) is 12.8 Å². The van der Waals surface area contributed by atoms with E-state index in [-0.39, 0.29) is 17.8 Å². The number of ether oxygens (including phenoxy) is 1. The Hall–Kier alpha value is -1.26. The van der Waals surface area contributed by atoms with Crippen LogP contribution in [0.5, 0.6) is 5.75 Å². The number of nitrogens with one attached hydrogen (secondary N) is 1. The number of hydrogen-bond acceptors (Lipinski definition) is 3. The number of hydrogen-bond donors (Lipinski definition) is 1. The van der Waals surface area contributed by atoms with E-state index in [2.05, 4.69) is 28.4 Å². The van der Waals surface area contributed by atoms with Crippen LogP contribution < -0.4 is 10.1 Å². The molecule has 1 aliphatic heterocycles. The predicted molar refractivity (Wildman–Crippen MR) is 108 cm³/mol. The van der Waals surface area contributed by atoms with E-state index in [1.807, 2.05) is 14.0 Å². The number of nitrogens with zero attached hydrogens (tertiary/aromatic N) is 1. The van der Waals surface area contributed by atoms with Gasteiger partial charge in [-0.15, -0.1) is 12.4 Å². The van der Waals surface area contributed by atoms with Crippen molar-refractivity contribution >= 4 is 18.3 Å². The summed E-state index contributed by atoms with van der Waals surface area (Å²) >= 11 is 0. The number of carbonyl (C=O) groups excluding carboxylic acids is 1. The summed E-state index contributed by atoms with van der Waals surface area (Å²) in [5.74, 6) is 1.99. The summed E-state index contributed by atoms with van der Waals surface area (Å²) in [4.78, 5) is 15.5. The molecule has 1 amide bonds. The first-order chi connectivity index (χ1) is 12.1. The van der Waals surface area contributed by atoms with Crippen LogP contribution in [0.2, 0.25) is 0 Å². The highest BCUT2D eigenvalue weighted by Crippen LogP contribution is 2.46. The third-order valence-electron chi connectivity index (χ3n) is 6.28. The second-order valence-electron chi connectivity index (χ2n) is 7.75. The van der Waals surface area contributed by atoms with E-state index < -0.39 is 0 Å². The Morgan fingerprint density at radius 3 is 2.54 bits per heavy atom. The number of benzene rings is 1. The second kappa shape index (κ2) is 9.09. The van der Waals surface area contributed by atoms with E-state index in [1.54, 1.807) is 7.11 Å². The Morgan fingerprint density at radius 1 is 1.31 bits per heavy atom.